The van der Waals surface area contributed by atoms with Crippen LogP contribution in [-0.2, 0) is 77.5 Å². The van der Waals surface area contributed by atoms with E-state index in [4.69, 9.17) is 36.7 Å². The predicted octanol–water partition coefficient (Wildman–Crippen LogP) is 0.911. The first-order valence-corrected chi connectivity index (χ1v) is 37.7. The first-order valence-electron chi connectivity index (χ1n) is 37.3. The van der Waals surface area contributed by atoms with E-state index in [2.05, 4.69) is 42.4 Å². The molecule has 1 aromatic heterocycles. The number of unbranched alkanes of at least 4 members (excludes halogenated alkanes) is 1. The number of nitrogens with two attached hydrogens (primary N) is 1. The number of aliphatic hydroxyl groups excluding tert-OH is 1. The van der Waals surface area contributed by atoms with Crippen LogP contribution in [0.25, 0.3) is 0 Å². The second-order valence-corrected chi connectivity index (χ2v) is 28.9. The minimum Gasteiger partial charge on any atom is -0.508 e. The number of primary amides is 1. The van der Waals surface area contributed by atoms with Crippen LogP contribution in [0.15, 0.2) is 76.3 Å². The number of nitro groups is 1. The third-order valence-electron chi connectivity index (χ3n) is 20.6. The summed E-state index contributed by atoms with van der Waals surface area (Å²) in [7, 11) is 0. The van der Waals surface area contributed by atoms with Gasteiger partial charge in [0.1, 0.15) is 82.5 Å². The molecule has 6 aliphatic rings. The van der Waals surface area contributed by atoms with Crippen LogP contribution in [0.4, 0.5) is 11.6 Å². The van der Waals surface area contributed by atoms with Gasteiger partial charge in [-0.1, -0.05) is 5.16 Å². The van der Waals surface area contributed by atoms with Gasteiger partial charge in [-0.05, 0) is 152 Å². The van der Waals surface area contributed by atoms with Gasteiger partial charge in [0.2, 0.25) is 59.1 Å². The second kappa shape index (κ2) is 37.4. The summed E-state index contributed by atoms with van der Waals surface area (Å²) in [5.74, 6) is -14.4. The van der Waals surface area contributed by atoms with E-state index in [1.807, 2.05) is 0 Å². The Labute approximate surface area is 660 Å². The van der Waals surface area contributed by atoms with Crippen molar-refractivity contribution in [2.24, 2.45) is 10.9 Å². The molecule has 10 amide bonds. The van der Waals surface area contributed by atoms with Gasteiger partial charge in [0.05, 0.1) is 17.7 Å². The van der Waals surface area contributed by atoms with E-state index in [1.54, 1.807) is 30.3 Å². The van der Waals surface area contributed by atoms with Crippen molar-refractivity contribution in [1.82, 2.24) is 51.5 Å². The number of aromatic hydroxyl groups is 2. The predicted molar refractivity (Wildman–Crippen MR) is 400 cm³/mol. The molecular weight excluding hydrogens is 1530 g/mol. The van der Waals surface area contributed by atoms with Gasteiger partial charge in [-0.15, -0.1) is 0 Å². The second-order valence-electron chi connectivity index (χ2n) is 28.5. The molecule has 11 atom stereocenters. The number of likely N-dealkylation sites (tertiary alicyclic amines) is 4. The lowest BCUT2D eigenvalue weighted by Crippen LogP contribution is -2.62. The molecule has 0 radical (unpaired) electrons. The Balaban J connectivity index is 0.735. The minimum absolute atomic E-state index is 0.00762. The molecule has 3 aromatic carbocycles. The number of thiocarbonyl (C=S) groups is 1. The fourth-order valence-corrected chi connectivity index (χ4v) is 15.2. The zero-order valence-corrected chi connectivity index (χ0v) is 63.2. The largest absolute Gasteiger partial charge is 0.508 e. The highest BCUT2D eigenvalue weighted by Gasteiger charge is 2.55. The van der Waals surface area contributed by atoms with Crippen molar-refractivity contribution in [2.75, 3.05) is 38.0 Å². The summed E-state index contributed by atoms with van der Waals surface area (Å²) in [5.41, 5.74) is 5.95. The Morgan fingerprint density at radius 3 is 1.87 bits per heavy atom. The molecule has 6 aliphatic heterocycles. The summed E-state index contributed by atoms with van der Waals surface area (Å²) in [6, 6.07) is 2.29. The normalized spacial score (nSPS) is 20.0. The Morgan fingerprint density at radius 2 is 1.24 bits per heavy atom. The minimum atomic E-state index is -1.80. The molecule has 40 nitrogen and oxygen atoms in total. The van der Waals surface area contributed by atoms with Crippen LogP contribution in [0.1, 0.15) is 156 Å². The van der Waals surface area contributed by atoms with Crippen LogP contribution >= 0.6 is 12.2 Å². The number of hydrogen-bond donors (Lipinski definition) is 14. The van der Waals surface area contributed by atoms with Gasteiger partial charge in [-0.25, -0.2) is 4.79 Å². The van der Waals surface area contributed by atoms with Gasteiger partial charge < -0.3 is 112 Å². The number of fused-ring (bicyclic) bond motifs is 6. The third kappa shape index (κ3) is 20.1. The average Bonchev–Trinajstić information content (AvgIpc) is 1.60. The number of furan rings is 1. The number of esters is 1. The smallest absolute Gasteiger partial charge is 0.433 e. The van der Waals surface area contributed by atoms with Crippen LogP contribution in [0.5, 0.6) is 23.0 Å². The molecule has 1 unspecified atom stereocenters. The van der Waals surface area contributed by atoms with Crippen molar-refractivity contribution < 1.29 is 121 Å². The van der Waals surface area contributed by atoms with E-state index in [9.17, 15) is 108 Å². The maximum Gasteiger partial charge on any atom is 0.433 e. The topological polar surface area (TPSA) is 580 Å². The van der Waals surface area contributed by atoms with Crippen LogP contribution in [0.2, 0.25) is 0 Å². The number of phenolic OH excluding ortho intramolecular Hbond substituents is 2. The van der Waals surface area contributed by atoms with Crippen molar-refractivity contribution in [1.29, 1.82) is 0 Å². The number of anilines is 1. The molecule has 15 N–H and O–H groups in total. The number of ether oxygens (including phenoxy) is 2. The maximum atomic E-state index is 15.0. The molecule has 0 bridgehead atoms. The van der Waals surface area contributed by atoms with E-state index >= 15 is 0 Å². The molecule has 4 saturated heterocycles. The SMILES string of the molecule is C[C@H](NC(=O)[C@@H](NC(=O)[C@@H]1CCCN1C(=O)[C@H](CCC(=O)O)NC(=O)[C@@H]1CCCN1C(=O)CCCCNC(=S)Nc1ccc2c(c1)C1(OC2=O)c2ccc(O)cc2Oc2cc(O)ccc21)[C@@H](C)O)C(=O)N1CCCCC1C(=O)N1CC[C@H](O/N=C\c2ccc([N+](=O)[O-])o2)[C@H]1C(=O)N[C@@H](CCC(=O)O)C(=O)N[C@@H](CCC(=O)O)C(N)=O. The first-order chi connectivity index (χ1) is 54.7. The lowest BCUT2D eigenvalue weighted by Gasteiger charge is -2.39. The Morgan fingerprint density at radius 1 is 0.652 bits per heavy atom. The number of carbonyl (C=O) groups excluding carboxylic acids is 11. The quantitative estimate of drug-likeness (QED) is 0.00772. The number of carboxylic acids is 3. The summed E-state index contributed by atoms with van der Waals surface area (Å²) < 4.78 is 17.3. The zero-order chi connectivity index (χ0) is 83.3. The maximum absolute atomic E-state index is 15.0. The summed E-state index contributed by atoms with van der Waals surface area (Å²) in [6.07, 6.45) is -3.44. The van der Waals surface area contributed by atoms with Crippen LogP contribution in [0, 0.1) is 10.1 Å². The molecule has 0 saturated carbocycles. The van der Waals surface area contributed by atoms with Crippen molar-refractivity contribution >= 4 is 118 Å². The highest BCUT2D eigenvalue weighted by atomic mass is 32.1. The number of rotatable bonds is 34. The molecule has 41 heteroatoms. The number of aliphatic hydroxyl groups is 1. The molecule has 7 heterocycles. The van der Waals surface area contributed by atoms with Gasteiger partial charge in [0.25, 0.3) is 0 Å². The Kier molecular flexibility index (Phi) is 27.6. The number of benzene rings is 3. The van der Waals surface area contributed by atoms with Crippen molar-refractivity contribution in [3.63, 3.8) is 0 Å². The molecule has 115 heavy (non-hydrogen) atoms. The summed E-state index contributed by atoms with van der Waals surface area (Å²) >= 11 is 5.63. The van der Waals surface area contributed by atoms with Crippen molar-refractivity contribution in [2.45, 2.75) is 195 Å². The fraction of sp³-hybridized carbons (Fsp3) is 0.486. The standard InChI is InChI=1S/C74H88N14O26S/c1-37(69(105)86-29-6-4-9-52(86)71(107)87-32-27-53(114-77-36-42-16-23-57(111-42)88(109)110)62(87)68(104)81-48(21-25-59(95)96)64(100)80-47(63(75)99)20-24-58(93)94)78-67(103)61(38(2)89)83-66(102)51-11-8-31-85(51)70(106)49(22-26-60(97)98)82-65(101)50-10-7-30-84(50)56(92)12-3-5-28-76-73(115)79-39-13-17-43-46(33-39)74(113-72(43)108)44-18-14-40(90)34-54(44)112-55-35-41(91)15-19-45(55)74/h13-19,23,33-38,47-53,61-62,89-91H,3-12,20-22,24-32H2,1-2H3,(H2,75,99)(H,78,103)(H,80,100)(H,81,104)(H,82,101)(H,83,102)(H,93,94)(H,95,96)(H,97,98)(H2,76,79,115)/b77-36-/t37-,38+,47-,48-,49-,50-,51-,52?,53-,61-,62-/m0/s1. The van der Waals surface area contributed by atoms with E-state index in [0.29, 0.717) is 61.0 Å². The number of carboxylic acid groups (broad SMARTS) is 3. The summed E-state index contributed by atoms with van der Waals surface area (Å²) in [4.78, 5) is 211. The molecule has 0 aliphatic carbocycles. The Bertz CT molecular complexity index is 4460. The fourth-order valence-electron chi connectivity index (χ4n) is 15.0. The van der Waals surface area contributed by atoms with E-state index in [-0.39, 0.29) is 110 Å². The molecule has 1 spiro atoms. The van der Waals surface area contributed by atoms with E-state index in [1.165, 1.54) is 42.2 Å². The Hall–Kier alpha value is -12.6. The van der Waals surface area contributed by atoms with Gasteiger partial charge in [0.15, 0.2) is 28.6 Å². The molecule has 10 rings (SSSR count). The van der Waals surface area contributed by atoms with Crippen LogP contribution in [0.3, 0.4) is 0 Å². The highest BCUT2D eigenvalue weighted by Crippen LogP contribution is 2.57. The molecule has 4 fully saturated rings. The summed E-state index contributed by atoms with van der Waals surface area (Å²) in [5, 5.41) is 94.0. The van der Waals surface area contributed by atoms with Crippen LogP contribution in [-0.4, -0.2) is 249 Å². The van der Waals surface area contributed by atoms with E-state index in [0.717, 1.165) is 33.9 Å². The molecular formula is C74H88N14O26S. The zero-order valence-electron chi connectivity index (χ0n) is 62.4. The number of phenols is 2. The molecule has 616 valence electrons. The number of oxime groups is 1. The van der Waals surface area contributed by atoms with Crippen molar-refractivity contribution in [3.05, 3.63) is 105 Å². The van der Waals surface area contributed by atoms with Gasteiger partial charge in [-0.2, -0.15) is 0 Å². The highest BCUT2D eigenvalue weighted by molar-refractivity contribution is 7.80. The third-order valence-corrected chi connectivity index (χ3v) is 20.9. The summed E-state index contributed by atoms with van der Waals surface area (Å²) in [6.45, 7) is 2.51. The number of aliphatic carboxylic acids is 3. The number of nitrogens with zero attached hydrogens (tertiary/aromatic N) is 6. The number of piperidine rings is 1. The van der Waals surface area contributed by atoms with Crippen molar-refractivity contribution in [3.8, 4) is 23.0 Å². The monoisotopic (exact) mass is 1620 g/mol. The lowest BCUT2D eigenvalue weighted by molar-refractivity contribution is -0.402. The van der Waals surface area contributed by atoms with Gasteiger partial charge in [0, 0.05) is 99.3 Å². The number of nitrogens with one attached hydrogen (secondary N) is 7. The van der Waals surface area contributed by atoms with Crippen LogP contribution < -0.4 is 47.7 Å². The number of amides is 10. The van der Waals surface area contributed by atoms with E-state index < -0.39 is 199 Å². The van der Waals surface area contributed by atoms with Gasteiger partial charge >= 0.3 is 29.8 Å². The molecule has 4 aromatic rings. The average molecular weight is 1620 g/mol. The number of carbonyl (C=O) groups is 14. The van der Waals surface area contributed by atoms with Gasteiger partial charge in [-0.3, -0.25) is 72.4 Å². The number of hydrogen-bond acceptors (Lipinski definition) is 25. The lowest BCUT2D eigenvalue weighted by atomic mass is 9.77. The first kappa shape index (κ1) is 84.9.